The lowest BCUT2D eigenvalue weighted by Crippen LogP contribution is -2.21. The van der Waals surface area contributed by atoms with Crippen molar-refractivity contribution in [3.05, 3.63) is 34.3 Å². The van der Waals surface area contributed by atoms with E-state index in [4.69, 9.17) is 5.11 Å². The van der Waals surface area contributed by atoms with Crippen molar-refractivity contribution in [1.82, 2.24) is 5.43 Å². The maximum absolute atomic E-state index is 12.0. The van der Waals surface area contributed by atoms with Crippen molar-refractivity contribution < 1.29 is 24.2 Å². The molecule has 0 radical (unpaired) electrons. The van der Waals surface area contributed by atoms with E-state index in [-0.39, 0.29) is 31.5 Å². The highest BCUT2D eigenvalue weighted by molar-refractivity contribution is 9.10. The summed E-state index contributed by atoms with van der Waals surface area (Å²) in [5, 5.41) is 12.5. The fourth-order valence-corrected chi connectivity index (χ4v) is 1.98. The van der Waals surface area contributed by atoms with Crippen molar-refractivity contribution in [1.29, 1.82) is 0 Å². The van der Waals surface area contributed by atoms with Gasteiger partial charge in [-0.2, -0.15) is 5.10 Å². The summed E-state index contributed by atoms with van der Waals surface area (Å²) in [6.45, 7) is 0. The van der Waals surface area contributed by atoms with Crippen LogP contribution in [0.4, 0.5) is 4.79 Å². The number of methoxy groups -OCH3 is 1. The summed E-state index contributed by atoms with van der Waals surface area (Å²) >= 11 is 3.31. The van der Waals surface area contributed by atoms with Crippen LogP contribution in [0.25, 0.3) is 0 Å². The molecule has 124 valence electrons. The molecule has 23 heavy (non-hydrogen) atoms. The Morgan fingerprint density at radius 3 is 2.43 bits per heavy atom. The van der Waals surface area contributed by atoms with Crippen molar-refractivity contribution in [3.63, 3.8) is 0 Å². The Morgan fingerprint density at radius 2 is 1.87 bits per heavy atom. The Kier molecular flexibility index (Phi) is 7.96. The number of benzene rings is 1. The molecule has 0 aliphatic carbocycles. The lowest BCUT2D eigenvalue weighted by molar-refractivity contribution is -0.137. The zero-order valence-corrected chi connectivity index (χ0v) is 14.1. The third kappa shape index (κ3) is 7.55. The fourth-order valence-electron chi connectivity index (χ4n) is 1.72. The molecule has 0 aliphatic rings. The van der Waals surface area contributed by atoms with E-state index in [0.29, 0.717) is 11.3 Å². The highest BCUT2D eigenvalue weighted by Crippen LogP contribution is 2.13. The van der Waals surface area contributed by atoms with Gasteiger partial charge in [0.25, 0.3) is 0 Å². The Labute approximate surface area is 141 Å². The van der Waals surface area contributed by atoms with Crippen LogP contribution >= 0.6 is 15.9 Å². The number of carboxylic acid groups (broad SMARTS) is 1. The largest absolute Gasteiger partial charge is 0.481 e. The van der Waals surface area contributed by atoms with Crippen LogP contribution in [0, 0.1) is 0 Å². The highest BCUT2D eigenvalue weighted by Gasteiger charge is 2.12. The van der Waals surface area contributed by atoms with Crippen molar-refractivity contribution in [2.75, 3.05) is 7.11 Å². The van der Waals surface area contributed by atoms with Gasteiger partial charge in [0.15, 0.2) is 0 Å². The summed E-state index contributed by atoms with van der Waals surface area (Å²) < 4.78 is 5.31. The smallest absolute Gasteiger partial charge is 0.427 e. The molecule has 7 nitrogen and oxygen atoms in total. The van der Waals surface area contributed by atoms with Gasteiger partial charge < -0.3 is 9.84 Å². The van der Waals surface area contributed by atoms with E-state index in [1.807, 2.05) is 0 Å². The van der Waals surface area contributed by atoms with Crippen LogP contribution in [0.1, 0.15) is 31.2 Å². The van der Waals surface area contributed by atoms with Crippen LogP contribution < -0.4 is 5.43 Å². The SMILES string of the molecule is COC(=O)N/N=C(\CC(=O)CCCC(=O)O)c1ccc(Br)cc1. The number of nitrogens with one attached hydrogen (secondary N) is 1. The molecular formula is C15H17BrN2O5. The molecule has 0 aromatic heterocycles. The van der Waals surface area contributed by atoms with Crippen molar-refractivity contribution >= 4 is 39.5 Å². The molecule has 0 spiro atoms. The minimum Gasteiger partial charge on any atom is -0.481 e. The van der Waals surface area contributed by atoms with E-state index in [1.54, 1.807) is 24.3 Å². The van der Waals surface area contributed by atoms with Gasteiger partial charge in [0.1, 0.15) is 5.78 Å². The van der Waals surface area contributed by atoms with Crippen LogP contribution in [0.2, 0.25) is 0 Å². The standard InChI is InChI=1S/C15H17BrN2O5/c1-23-15(22)18-17-13(10-5-7-11(16)8-6-10)9-12(19)3-2-4-14(20)21/h5-8H,2-4,9H2,1H3,(H,18,22)(H,20,21)/b17-13+. The van der Waals surface area contributed by atoms with Gasteiger partial charge in [-0.1, -0.05) is 28.1 Å². The molecule has 0 bridgehead atoms. The molecule has 8 heteroatoms. The number of halogens is 1. The maximum atomic E-state index is 12.0. The number of nitrogens with zero attached hydrogens (tertiary/aromatic N) is 1. The molecule has 2 N–H and O–H groups in total. The van der Waals surface area contributed by atoms with Gasteiger partial charge in [0.2, 0.25) is 0 Å². The molecule has 0 saturated carbocycles. The molecule has 0 saturated heterocycles. The number of hydrazone groups is 1. The summed E-state index contributed by atoms with van der Waals surface area (Å²) in [6.07, 6.45) is -0.396. The van der Waals surface area contributed by atoms with E-state index in [2.05, 4.69) is 31.2 Å². The van der Waals surface area contributed by atoms with E-state index in [1.165, 1.54) is 7.11 Å². The zero-order valence-electron chi connectivity index (χ0n) is 12.5. The Balaban J connectivity index is 2.78. The number of amides is 1. The van der Waals surface area contributed by atoms with Gasteiger partial charge in [-0.15, -0.1) is 0 Å². The number of hydrogen-bond acceptors (Lipinski definition) is 5. The van der Waals surface area contributed by atoms with Crippen LogP contribution in [-0.4, -0.2) is 35.8 Å². The second-order valence-electron chi connectivity index (χ2n) is 4.63. The van der Waals surface area contributed by atoms with Gasteiger partial charge in [-0.3, -0.25) is 9.59 Å². The minimum absolute atomic E-state index is 0.00868. The maximum Gasteiger partial charge on any atom is 0.427 e. The molecule has 1 rings (SSSR count). The van der Waals surface area contributed by atoms with Gasteiger partial charge in [-0.05, 0) is 24.1 Å². The summed E-state index contributed by atoms with van der Waals surface area (Å²) in [5.74, 6) is -1.09. The number of Topliss-reactive ketones (excluding diaryl/α,β-unsaturated/α-hetero) is 1. The average molecular weight is 385 g/mol. The van der Waals surface area contributed by atoms with E-state index in [0.717, 1.165) is 4.47 Å². The minimum atomic E-state index is -0.938. The first-order valence-corrected chi connectivity index (χ1v) is 7.61. The van der Waals surface area contributed by atoms with Crippen molar-refractivity contribution in [3.8, 4) is 0 Å². The first kappa shape index (κ1) is 18.8. The molecule has 1 aromatic carbocycles. The topological polar surface area (TPSA) is 105 Å². The monoisotopic (exact) mass is 384 g/mol. The summed E-state index contributed by atoms with van der Waals surface area (Å²) in [4.78, 5) is 33.6. The molecular weight excluding hydrogens is 368 g/mol. The molecule has 1 amide bonds. The molecule has 0 heterocycles. The number of carboxylic acids is 1. The van der Waals surface area contributed by atoms with E-state index in [9.17, 15) is 14.4 Å². The predicted molar refractivity (Wildman–Crippen MR) is 87.3 cm³/mol. The summed E-state index contributed by atoms with van der Waals surface area (Å²) in [5.41, 5.74) is 3.25. The Hall–Kier alpha value is -2.22. The second kappa shape index (κ2) is 9.73. The van der Waals surface area contributed by atoms with Crippen LogP contribution in [0.15, 0.2) is 33.8 Å². The van der Waals surface area contributed by atoms with Gasteiger partial charge in [0.05, 0.1) is 19.2 Å². The summed E-state index contributed by atoms with van der Waals surface area (Å²) in [6, 6.07) is 7.09. The molecule has 0 atom stereocenters. The number of ether oxygens (including phenoxy) is 1. The number of carbonyl (C=O) groups is 3. The number of carbonyl (C=O) groups excluding carboxylic acids is 2. The first-order chi connectivity index (χ1) is 10.9. The van der Waals surface area contributed by atoms with E-state index >= 15 is 0 Å². The number of rotatable bonds is 8. The van der Waals surface area contributed by atoms with Crippen molar-refractivity contribution in [2.45, 2.75) is 25.7 Å². The van der Waals surface area contributed by atoms with Crippen LogP contribution in [-0.2, 0) is 14.3 Å². The van der Waals surface area contributed by atoms with Gasteiger partial charge in [-0.25, -0.2) is 10.2 Å². The number of ketones is 1. The van der Waals surface area contributed by atoms with Gasteiger partial charge in [0, 0.05) is 17.3 Å². The molecule has 0 aliphatic heterocycles. The zero-order chi connectivity index (χ0) is 17.2. The van der Waals surface area contributed by atoms with E-state index < -0.39 is 12.1 Å². The quantitative estimate of drug-likeness (QED) is 0.529. The molecule has 0 unspecified atom stereocenters. The van der Waals surface area contributed by atoms with Crippen molar-refractivity contribution in [2.24, 2.45) is 5.10 Å². The fraction of sp³-hybridized carbons (Fsp3) is 0.333. The number of hydrogen-bond donors (Lipinski definition) is 2. The van der Waals surface area contributed by atoms with Gasteiger partial charge >= 0.3 is 12.1 Å². The lowest BCUT2D eigenvalue weighted by Gasteiger charge is -2.07. The second-order valence-corrected chi connectivity index (χ2v) is 5.55. The molecule has 0 fully saturated rings. The average Bonchev–Trinajstić information content (AvgIpc) is 2.51. The Morgan fingerprint density at radius 1 is 1.22 bits per heavy atom. The van der Waals surface area contributed by atoms with Crippen LogP contribution in [0.3, 0.4) is 0 Å². The third-order valence-electron chi connectivity index (χ3n) is 2.86. The summed E-state index contributed by atoms with van der Waals surface area (Å²) in [7, 11) is 1.21. The lowest BCUT2D eigenvalue weighted by atomic mass is 10.0. The third-order valence-corrected chi connectivity index (χ3v) is 3.38. The highest BCUT2D eigenvalue weighted by atomic mass is 79.9. The first-order valence-electron chi connectivity index (χ1n) is 6.82. The Bertz CT molecular complexity index is 598. The molecule has 1 aromatic rings. The normalized spacial score (nSPS) is 11.0. The number of aliphatic carboxylic acids is 1. The predicted octanol–water partition coefficient (Wildman–Crippen LogP) is 2.72. The van der Waals surface area contributed by atoms with Crippen LogP contribution in [0.5, 0.6) is 0 Å².